The first-order valence-corrected chi connectivity index (χ1v) is 7.91. The number of aromatic nitrogens is 1. The molecule has 0 spiro atoms. The van der Waals surface area contributed by atoms with Crippen LogP contribution in [0.15, 0.2) is 24.5 Å². The highest BCUT2D eigenvalue weighted by Gasteiger charge is 2.22. The number of carbonyl (C=O) groups is 2. The van der Waals surface area contributed by atoms with Crippen LogP contribution in [0.1, 0.15) is 25.3 Å². The van der Waals surface area contributed by atoms with Crippen molar-refractivity contribution >= 4 is 11.8 Å². The molecule has 1 aliphatic rings. The van der Waals surface area contributed by atoms with E-state index in [0.29, 0.717) is 6.54 Å². The zero-order valence-electron chi connectivity index (χ0n) is 13.4. The van der Waals surface area contributed by atoms with Crippen LogP contribution in [0.3, 0.4) is 0 Å². The molecule has 0 aliphatic carbocycles. The summed E-state index contributed by atoms with van der Waals surface area (Å²) in [5.41, 5.74) is 0.914. The molecule has 7 heteroatoms. The molecule has 3 N–H and O–H groups in total. The number of ether oxygens (including phenoxy) is 1. The first-order chi connectivity index (χ1) is 11.1. The van der Waals surface area contributed by atoms with Crippen LogP contribution in [-0.2, 0) is 20.9 Å². The SMILES string of the molecule is CC1NCCCC1NC(=O)COCC(=O)NCc1cccnc1. The topological polar surface area (TPSA) is 92.4 Å². The summed E-state index contributed by atoms with van der Waals surface area (Å²) in [6, 6.07) is 4.07. The van der Waals surface area contributed by atoms with Crippen molar-refractivity contribution < 1.29 is 14.3 Å². The van der Waals surface area contributed by atoms with E-state index in [2.05, 4.69) is 27.9 Å². The summed E-state index contributed by atoms with van der Waals surface area (Å²) in [7, 11) is 0. The predicted molar refractivity (Wildman–Crippen MR) is 85.5 cm³/mol. The van der Waals surface area contributed by atoms with Gasteiger partial charge in [-0.15, -0.1) is 0 Å². The van der Waals surface area contributed by atoms with Crippen molar-refractivity contribution in [3.8, 4) is 0 Å². The highest BCUT2D eigenvalue weighted by atomic mass is 16.5. The molecule has 1 fully saturated rings. The van der Waals surface area contributed by atoms with E-state index in [4.69, 9.17) is 4.74 Å². The molecule has 1 aliphatic heterocycles. The minimum absolute atomic E-state index is 0.108. The van der Waals surface area contributed by atoms with Crippen LogP contribution in [-0.4, -0.2) is 48.6 Å². The summed E-state index contributed by atoms with van der Waals surface area (Å²) >= 11 is 0. The van der Waals surface area contributed by atoms with Crippen molar-refractivity contribution in [1.29, 1.82) is 0 Å². The Kier molecular flexibility index (Phi) is 6.96. The number of hydrogen-bond donors (Lipinski definition) is 3. The van der Waals surface area contributed by atoms with Gasteiger partial charge in [-0.1, -0.05) is 6.07 Å². The summed E-state index contributed by atoms with van der Waals surface area (Å²) in [6.07, 6.45) is 5.38. The molecular formula is C16H24N4O3. The van der Waals surface area contributed by atoms with E-state index in [-0.39, 0.29) is 37.1 Å². The maximum Gasteiger partial charge on any atom is 0.246 e. The van der Waals surface area contributed by atoms with Crippen molar-refractivity contribution in [2.75, 3.05) is 19.8 Å². The first-order valence-electron chi connectivity index (χ1n) is 7.91. The fraction of sp³-hybridized carbons (Fsp3) is 0.562. The maximum atomic E-state index is 11.8. The largest absolute Gasteiger partial charge is 0.362 e. The number of piperidine rings is 1. The van der Waals surface area contributed by atoms with E-state index in [1.807, 2.05) is 12.1 Å². The van der Waals surface area contributed by atoms with Gasteiger partial charge in [-0.3, -0.25) is 14.6 Å². The third-order valence-corrected chi connectivity index (χ3v) is 3.79. The van der Waals surface area contributed by atoms with Crippen molar-refractivity contribution in [2.45, 2.75) is 38.4 Å². The van der Waals surface area contributed by atoms with Crippen LogP contribution in [0, 0.1) is 0 Å². The molecule has 0 aromatic carbocycles. The molecule has 2 unspecified atom stereocenters. The molecule has 2 atom stereocenters. The summed E-state index contributed by atoms with van der Waals surface area (Å²) in [6.45, 7) is 3.20. The van der Waals surface area contributed by atoms with Gasteiger partial charge in [-0.25, -0.2) is 0 Å². The van der Waals surface area contributed by atoms with E-state index in [0.717, 1.165) is 24.9 Å². The Morgan fingerprint density at radius 2 is 2.22 bits per heavy atom. The van der Waals surface area contributed by atoms with Gasteiger partial charge in [0.25, 0.3) is 0 Å². The van der Waals surface area contributed by atoms with Gasteiger partial charge in [-0.05, 0) is 37.9 Å². The average Bonchev–Trinajstić information content (AvgIpc) is 2.56. The Morgan fingerprint density at radius 1 is 1.39 bits per heavy atom. The molecule has 126 valence electrons. The number of hydrogen-bond acceptors (Lipinski definition) is 5. The standard InChI is InChI=1S/C16H24N4O3/c1-12-14(5-3-7-18-12)20-16(22)11-23-10-15(21)19-9-13-4-2-6-17-8-13/h2,4,6,8,12,14,18H,3,5,7,9-11H2,1H3,(H,19,21)(H,20,22). The summed E-state index contributed by atoms with van der Waals surface area (Å²) < 4.78 is 5.16. The molecule has 2 heterocycles. The molecular weight excluding hydrogens is 296 g/mol. The van der Waals surface area contributed by atoms with Gasteiger partial charge in [0.05, 0.1) is 0 Å². The van der Waals surface area contributed by atoms with Crippen molar-refractivity contribution in [3.05, 3.63) is 30.1 Å². The Bertz CT molecular complexity index is 509. The summed E-state index contributed by atoms with van der Waals surface area (Å²) in [4.78, 5) is 27.4. The Morgan fingerprint density at radius 3 is 2.96 bits per heavy atom. The molecule has 1 aromatic heterocycles. The zero-order chi connectivity index (χ0) is 16.5. The van der Waals surface area contributed by atoms with Crippen LogP contribution >= 0.6 is 0 Å². The smallest absolute Gasteiger partial charge is 0.246 e. The molecule has 0 saturated carbocycles. The van der Waals surface area contributed by atoms with E-state index < -0.39 is 0 Å². The lowest BCUT2D eigenvalue weighted by Gasteiger charge is -2.30. The lowest BCUT2D eigenvalue weighted by Crippen LogP contribution is -2.52. The molecule has 1 aromatic rings. The van der Waals surface area contributed by atoms with Gasteiger partial charge >= 0.3 is 0 Å². The Hall–Kier alpha value is -1.99. The van der Waals surface area contributed by atoms with Crippen molar-refractivity contribution in [3.63, 3.8) is 0 Å². The fourth-order valence-corrected chi connectivity index (χ4v) is 2.48. The van der Waals surface area contributed by atoms with Crippen molar-refractivity contribution in [1.82, 2.24) is 20.9 Å². The van der Waals surface area contributed by atoms with Crippen LogP contribution in [0.4, 0.5) is 0 Å². The highest BCUT2D eigenvalue weighted by molar-refractivity contribution is 5.79. The minimum atomic E-state index is -0.255. The van der Waals surface area contributed by atoms with Gasteiger partial charge in [-0.2, -0.15) is 0 Å². The summed E-state index contributed by atoms with van der Waals surface area (Å²) in [5, 5.41) is 8.97. The van der Waals surface area contributed by atoms with Gasteiger partial charge in [0.2, 0.25) is 11.8 Å². The van der Waals surface area contributed by atoms with Crippen molar-refractivity contribution in [2.24, 2.45) is 0 Å². The normalized spacial score (nSPS) is 20.7. The third kappa shape index (κ3) is 6.33. The van der Waals surface area contributed by atoms with Gasteiger partial charge in [0.1, 0.15) is 13.2 Å². The van der Waals surface area contributed by atoms with Gasteiger partial charge in [0, 0.05) is 31.0 Å². The van der Waals surface area contributed by atoms with Crippen LogP contribution in [0.2, 0.25) is 0 Å². The Balaban J connectivity index is 1.58. The highest BCUT2D eigenvalue weighted by Crippen LogP contribution is 2.07. The molecule has 2 amide bonds. The van der Waals surface area contributed by atoms with E-state index in [9.17, 15) is 9.59 Å². The fourth-order valence-electron chi connectivity index (χ4n) is 2.48. The second-order valence-corrected chi connectivity index (χ2v) is 5.69. The van der Waals surface area contributed by atoms with Gasteiger partial charge in [0.15, 0.2) is 0 Å². The van der Waals surface area contributed by atoms with Crippen LogP contribution in [0.5, 0.6) is 0 Å². The zero-order valence-corrected chi connectivity index (χ0v) is 13.4. The molecule has 23 heavy (non-hydrogen) atoms. The van der Waals surface area contributed by atoms with E-state index in [1.54, 1.807) is 12.4 Å². The lowest BCUT2D eigenvalue weighted by molar-refractivity contribution is -0.131. The minimum Gasteiger partial charge on any atom is -0.362 e. The van der Waals surface area contributed by atoms with E-state index in [1.165, 1.54) is 0 Å². The van der Waals surface area contributed by atoms with Crippen LogP contribution in [0.25, 0.3) is 0 Å². The van der Waals surface area contributed by atoms with Crippen LogP contribution < -0.4 is 16.0 Å². The molecule has 0 radical (unpaired) electrons. The maximum absolute atomic E-state index is 11.8. The molecule has 0 bridgehead atoms. The predicted octanol–water partition coefficient (Wildman–Crippen LogP) is -0.0289. The molecule has 1 saturated heterocycles. The molecule has 2 rings (SSSR count). The van der Waals surface area contributed by atoms with E-state index >= 15 is 0 Å². The lowest BCUT2D eigenvalue weighted by atomic mass is 10.00. The third-order valence-electron chi connectivity index (χ3n) is 3.79. The molecule has 7 nitrogen and oxygen atoms in total. The number of nitrogens with zero attached hydrogens (tertiary/aromatic N) is 1. The monoisotopic (exact) mass is 320 g/mol. The quantitative estimate of drug-likeness (QED) is 0.656. The van der Waals surface area contributed by atoms with Gasteiger partial charge < -0.3 is 20.7 Å². The average molecular weight is 320 g/mol. The number of carbonyl (C=O) groups excluding carboxylic acids is 2. The Labute approximate surface area is 136 Å². The second kappa shape index (κ2) is 9.22. The number of amides is 2. The second-order valence-electron chi connectivity index (χ2n) is 5.69. The first kappa shape index (κ1) is 17.4. The number of pyridine rings is 1. The summed E-state index contributed by atoms with van der Waals surface area (Å²) in [5.74, 6) is -0.444. The number of nitrogens with one attached hydrogen (secondary N) is 3. The number of rotatable bonds is 7.